The van der Waals surface area contributed by atoms with Crippen molar-refractivity contribution in [2.75, 3.05) is 0 Å². The zero-order chi connectivity index (χ0) is 22.8. The van der Waals surface area contributed by atoms with E-state index in [2.05, 4.69) is 25.6 Å². The van der Waals surface area contributed by atoms with Gasteiger partial charge in [0.25, 0.3) is 0 Å². The lowest BCUT2D eigenvalue weighted by Gasteiger charge is -2.15. The highest BCUT2D eigenvalue weighted by Gasteiger charge is 2.21. The molecule has 8 heteroatoms. The molecule has 33 heavy (non-hydrogen) atoms. The molecule has 2 N–H and O–H groups in total. The van der Waals surface area contributed by atoms with E-state index < -0.39 is 5.97 Å². The number of tetrazole rings is 1. The zero-order valence-electron chi connectivity index (χ0n) is 17.7. The molecule has 0 saturated heterocycles. The summed E-state index contributed by atoms with van der Waals surface area (Å²) in [6.45, 7) is 1.92. The van der Waals surface area contributed by atoms with Crippen LogP contribution in [0.15, 0.2) is 72.8 Å². The summed E-state index contributed by atoms with van der Waals surface area (Å²) in [5.74, 6) is 0.240. The Bertz CT molecular complexity index is 1450. The van der Waals surface area contributed by atoms with Gasteiger partial charge in [0.2, 0.25) is 5.82 Å². The molecule has 5 rings (SSSR count). The highest BCUT2D eigenvalue weighted by atomic mass is 16.5. The predicted molar refractivity (Wildman–Crippen MR) is 123 cm³/mol. The first-order valence-corrected chi connectivity index (χ1v) is 10.4. The molecule has 3 aromatic carbocycles. The summed E-state index contributed by atoms with van der Waals surface area (Å²) in [5, 5.41) is 24.8. The molecule has 0 atom stereocenters. The van der Waals surface area contributed by atoms with Crippen LogP contribution in [0.5, 0.6) is 11.5 Å². The van der Waals surface area contributed by atoms with E-state index in [4.69, 9.17) is 4.74 Å². The molecule has 162 valence electrons. The Kier molecular flexibility index (Phi) is 5.24. The van der Waals surface area contributed by atoms with E-state index >= 15 is 0 Å². The highest BCUT2D eigenvalue weighted by Crippen LogP contribution is 2.36. The number of hydrogen-bond donors (Lipinski definition) is 2. The van der Waals surface area contributed by atoms with E-state index in [0.29, 0.717) is 34.6 Å². The molecule has 0 radical (unpaired) electrons. The number of carboxylic acids is 1. The van der Waals surface area contributed by atoms with Gasteiger partial charge in [0.15, 0.2) is 5.75 Å². The van der Waals surface area contributed by atoms with Crippen molar-refractivity contribution in [1.82, 2.24) is 25.6 Å². The lowest BCUT2D eigenvalue weighted by Crippen LogP contribution is -2.06. The lowest BCUT2D eigenvalue weighted by molar-refractivity contribution is 0.0696. The number of H-pyrrole nitrogens is 1. The maximum atomic E-state index is 12.2. The van der Waals surface area contributed by atoms with Crippen molar-refractivity contribution in [2.45, 2.75) is 13.3 Å². The van der Waals surface area contributed by atoms with E-state index in [0.717, 1.165) is 16.7 Å². The fourth-order valence-corrected chi connectivity index (χ4v) is 3.83. The topological polar surface area (TPSA) is 114 Å². The lowest BCUT2D eigenvalue weighted by atomic mass is 9.99. The largest absolute Gasteiger partial charge is 0.478 e. The van der Waals surface area contributed by atoms with Crippen LogP contribution in [0.1, 0.15) is 23.0 Å². The normalized spacial score (nSPS) is 10.9. The van der Waals surface area contributed by atoms with Gasteiger partial charge in [0.05, 0.1) is 11.2 Å². The first-order valence-electron chi connectivity index (χ1n) is 10.4. The number of pyridine rings is 1. The summed E-state index contributed by atoms with van der Waals surface area (Å²) in [6.07, 6.45) is 0.538. The van der Waals surface area contributed by atoms with Crippen molar-refractivity contribution in [3.05, 3.63) is 84.1 Å². The summed E-state index contributed by atoms with van der Waals surface area (Å²) >= 11 is 0. The molecule has 0 unspecified atom stereocenters. The quantitative estimate of drug-likeness (QED) is 0.378. The van der Waals surface area contributed by atoms with Gasteiger partial charge in [0.1, 0.15) is 11.3 Å². The Morgan fingerprint density at radius 1 is 0.970 bits per heavy atom. The van der Waals surface area contributed by atoms with Gasteiger partial charge in [-0.15, -0.1) is 10.2 Å². The smallest absolute Gasteiger partial charge is 0.340 e. The number of para-hydroxylation sites is 1. The number of rotatable bonds is 6. The number of hydrogen-bond acceptors (Lipinski definition) is 6. The van der Waals surface area contributed by atoms with Crippen LogP contribution in [0.4, 0.5) is 0 Å². The molecule has 0 aliphatic rings. The molecule has 0 fully saturated rings. The van der Waals surface area contributed by atoms with Gasteiger partial charge in [-0.05, 0) is 41.0 Å². The third-order valence-corrected chi connectivity index (χ3v) is 5.37. The van der Waals surface area contributed by atoms with E-state index in [9.17, 15) is 9.90 Å². The molecule has 5 aromatic rings. The number of benzene rings is 3. The van der Waals surface area contributed by atoms with Gasteiger partial charge in [-0.3, -0.25) is 0 Å². The number of aromatic carboxylic acids is 1. The average Bonchev–Trinajstić information content (AvgIpc) is 3.39. The van der Waals surface area contributed by atoms with Crippen LogP contribution >= 0.6 is 0 Å². The van der Waals surface area contributed by atoms with Crippen molar-refractivity contribution in [3.8, 4) is 34.0 Å². The third kappa shape index (κ3) is 3.78. The van der Waals surface area contributed by atoms with Crippen molar-refractivity contribution in [3.63, 3.8) is 0 Å². The van der Waals surface area contributed by atoms with Crippen molar-refractivity contribution in [2.24, 2.45) is 0 Å². The summed E-state index contributed by atoms with van der Waals surface area (Å²) in [4.78, 5) is 16.8. The summed E-state index contributed by atoms with van der Waals surface area (Å²) in [5.41, 5.74) is 4.07. The molecule has 0 amide bonds. The molecule has 2 aromatic heterocycles. The maximum absolute atomic E-state index is 12.2. The highest BCUT2D eigenvalue weighted by molar-refractivity contribution is 6.05. The van der Waals surface area contributed by atoms with Gasteiger partial charge in [-0.2, -0.15) is 5.21 Å². The van der Waals surface area contributed by atoms with E-state index in [1.165, 1.54) is 0 Å². The summed E-state index contributed by atoms with van der Waals surface area (Å²) in [6, 6.07) is 22.4. The second-order valence-electron chi connectivity index (χ2n) is 7.35. The fourth-order valence-electron chi connectivity index (χ4n) is 3.83. The summed E-state index contributed by atoms with van der Waals surface area (Å²) < 4.78 is 6.11. The van der Waals surface area contributed by atoms with Crippen molar-refractivity contribution in [1.29, 1.82) is 0 Å². The van der Waals surface area contributed by atoms with Crippen LogP contribution in [0, 0.1) is 0 Å². The second-order valence-corrected chi connectivity index (χ2v) is 7.35. The number of aromatic amines is 1. The SMILES string of the molecule is CCc1nc2ccccc2c(C(=O)O)c1Oc1ccc(-c2ccccc2-c2nn[nH]n2)cc1. The average molecular weight is 437 g/mol. The summed E-state index contributed by atoms with van der Waals surface area (Å²) in [7, 11) is 0. The predicted octanol–water partition coefficient (Wildman–Crippen LogP) is 5.13. The van der Waals surface area contributed by atoms with E-state index in [1.54, 1.807) is 18.2 Å². The minimum Gasteiger partial charge on any atom is -0.478 e. The Morgan fingerprint density at radius 2 is 1.70 bits per heavy atom. The molecule has 8 nitrogen and oxygen atoms in total. The van der Waals surface area contributed by atoms with Gasteiger partial charge in [-0.25, -0.2) is 9.78 Å². The third-order valence-electron chi connectivity index (χ3n) is 5.37. The molecule has 0 bridgehead atoms. The number of aromatic nitrogens is 5. The van der Waals surface area contributed by atoms with Crippen LogP contribution in [0.25, 0.3) is 33.4 Å². The number of ether oxygens (including phenoxy) is 1. The van der Waals surface area contributed by atoms with Crippen LogP contribution in [-0.2, 0) is 6.42 Å². The van der Waals surface area contributed by atoms with Gasteiger partial charge < -0.3 is 9.84 Å². The molecule has 0 saturated carbocycles. The van der Waals surface area contributed by atoms with E-state index in [-0.39, 0.29) is 11.3 Å². The van der Waals surface area contributed by atoms with Crippen LogP contribution in [0.2, 0.25) is 0 Å². The zero-order valence-corrected chi connectivity index (χ0v) is 17.7. The Labute approximate surface area is 188 Å². The van der Waals surface area contributed by atoms with Crippen LogP contribution < -0.4 is 4.74 Å². The molecule has 0 spiro atoms. The fraction of sp³-hybridized carbons (Fsp3) is 0.0800. The molecular formula is C25H19N5O3. The number of nitrogens with zero attached hydrogens (tertiary/aromatic N) is 4. The molecule has 0 aliphatic carbocycles. The van der Waals surface area contributed by atoms with Gasteiger partial charge in [0, 0.05) is 10.9 Å². The van der Waals surface area contributed by atoms with Crippen LogP contribution in [-0.4, -0.2) is 36.7 Å². The van der Waals surface area contributed by atoms with Crippen molar-refractivity contribution < 1.29 is 14.6 Å². The monoisotopic (exact) mass is 437 g/mol. The first-order chi connectivity index (χ1) is 16.2. The van der Waals surface area contributed by atoms with Gasteiger partial charge in [-0.1, -0.05) is 61.5 Å². The van der Waals surface area contributed by atoms with Crippen molar-refractivity contribution >= 4 is 16.9 Å². The Balaban J connectivity index is 1.54. The van der Waals surface area contributed by atoms with Crippen LogP contribution in [0.3, 0.4) is 0 Å². The Morgan fingerprint density at radius 3 is 2.39 bits per heavy atom. The molecule has 0 aliphatic heterocycles. The number of aryl methyl sites for hydroxylation is 1. The second kappa shape index (κ2) is 8.51. The maximum Gasteiger partial charge on any atom is 0.340 e. The molecular weight excluding hydrogens is 418 g/mol. The van der Waals surface area contributed by atoms with Gasteiger partial charge >= 0.3 is 5.97 Å². The molecule has 2 heterocycles. The number of fused-ring (bicyclic) bond motifs is 1. The first kappa shape index (κ1) is 20.3. The number of nitrogens with one attached hydrogen (secondary N) is 1. The number of carboxylic acid groups (broad SMARTS) is 1. The Hall–Kier alpha value is -4.59. The minimum absolute atomic E-state index is 0.115. The number of carbonyl (C=O) groups is 1. The standard InChI is InChI=1S/C25H19N5O3/c1-2-20-23(22(25(31)32)19-9-5-6-10-21(19)26-20)33-16-13-11-15(12-14-16)17-7-3-4-8-18(17)24-27-29-30-28-24/h3-14H,2H2,1H3,(H,31,32)(H,27,28,29,30). The minimum atomic E-state index is -1.05. The van der Waals surface area contributed by atoms with E-state index in [1.807, 2.05) is 61.5 Å².